The number of amides is 2. The molecule has 1 heterocycles. The topological polar surface area (TPSA) is 77.1 Å². The quantitative estimate of drug-likeness (QED) is 0.743. The molecule has 148 valence electrons. The number of methoxy groups -OCH3 is 1. The fraction of sp³-hybridized carbons (Fsp3) is 0.333. The van der Waals surface area contributed by atoms with Gasteiger partial charge < -0.3 is 24.4 Å². The minimum Gasteiger partial charge on any atom is -0.493 e. The van der Waals surface area contributed by atoms with Crippen molar-refractivity contribution in [3.63, 3.8) is 0 Å². The second-order valence-corrected chi connectivity index (χ2v) is 6.40. The summed E-state index contributed by atoms with van der Waals surface area (Å²) in [4.78, 5) is 25.5. The van der Waals surface area contributed by atoms with Crippen LogP contribution in [0, 0.1) is 0 Å². The molecule has 7 heteroatoms. The second-order valence-electron chi connectivity index (χ2n) is 6.40. The van der Waals surface area contributed by atoms with Crippen molar-refractivity contribution in [2.45, 2.75) is 19.4 Å². The summed E-state index contributed by atoms with van der Waals surface area (Å²) in [6, 6.07) is 14.4. The summed E-state index contributed by atoms with van der Waals surface area (Å²) >= 11 is 0. The van der Waals surface area contributed by atoms with Gasteiger partial charge in [-0.25, -0.2) is 4.79 Å². The third-order valence-electron chi connectivity index (χ3n) is 4.36. The number of para-hydroxylation sites is 2. The fourth-order valence-corrected chi connectivity index (χ4v) is 2.86. The number of esters is 1. The van der Waals surface area contributed by atoms with Gasteiger partial charge in [0.1, 0.15) is 6.10 Å². The normalized spacial score (nSPS) is 13.4. The van der Waals surface area contributed by atoms with E-state index < -0.39 is 0 Å². The molecule has 0 radical (unpaired) electrons. The van der Waals surface area contributed by atoms with Crippen molar-refractivity contribution < 1.29 is 23.8 Å². The van der Waals surface area contributed by atoms with Crippen molar-refractivity contribution >= 4 is 17.7 Å². The van der Waals surface area contributed by atoms with Gasteiger partial charge >= 0.3 is 12.0 Å². The summed E-state index contributed by atoms with van der Waals surface area (Å²) < 4.78 is 16.1. The Hall–Kier alpha value is -3.22. The van der Waals surface area contributed by atoms with E-state index in [-0.39, 0.29) is 24.5 Å². The lowest BCUT2D eigenvalue weighted by Gasteiger charge is -2.38. The highest BCUT2D eigenvalue weighted by Crippen LogP contribution is 2.28. The molecule has 1 saturated heterocycles. The summed E-state index contributed by atoms with van der Waals surface area (Å²) in [5.74, 6) is 1.08. The molecule has 0 aromatic heterocycles. The number of ether oxygens (including phenoxy) is 3. The number of nitrogens with zero attached hydrogens (tertiary/aromatic N) is 1. The maximum Gasteiger partial charge on any atom is 0.322 e. The monoisotopic (exact) mass is 384 g/mol. The molecule has 0 saturated carbocycles. The number of rotatable bonds is 7. The van der Waals surface area contributed by atoms with E-state index in [0.29, 0.717) is 36.9 Å². The van der Waals surface area contributed by atoms with E-state index in [0.717, 1.165) is 5.56 Å². The molecule has 2 amide bonds. The van der Waals surface area contributed by atoms with Crippen molar-refractivity contribution in [3.05, 3.63) is 54.1 Å². The van der Waals surface area contributed by atoms with E-state index in [2.05, 4.69) is 5.32 Å². The Morgan fingerprint density at radius 2 is 1.75 bits per heavy atom. The highest BCUT2D eigenvalue weighted by Gasteiger charge is 2.32. The van der Waals surface area contributed by atoms with Crippen LogP contribution < -0.4 is 14.8 Å². The molecule has 7 nitrogen and oxygen atoms in total. The van der Waals surface area contributed by atoms with Crippen LogP contribution in [0.5, 0.6) is 11.5 Å². The number of likely N-dealkylation sites (tertiary alicyclic amines) is 1. The van der Waals surface area contributed by atoms with Crippen molar-refractivity contribution in [1.29, 1.82) is 0 Å². The van der Waals surface area contributed by atoms with Gasteiger partial charge in [-0.05, 0) is 36.8 Å². The van der Waals surface area contributed by atoms with E-state index in [1.807, 2.05) is 24.3 Å². The molecule has 1 fully saturated rings. The lowest BCUT2D eigenvalue weighted by atomic mass is 10.1. The van der Waals surface area contributed by atoms with Crippen molar-refractivity contribution in [2.75, 3.05) is 32.1 Å². The Morgan fingerprint density at radius 1 is 1.07 bits per heavy atom. The van der Waals surface area contributed by atoms with Crippen LogP contribution in [-0.4, -0.2) is 49.8 Å². The highest BCUT2D eigenvalue weighted by molar-refractivity contribution is 5.90. The number of carbonyl (C=O) groups excluding carboxylic acids is 2. The van der Waals surface area contributed by atoms with Gasteiger partial charge in [0.15, 0.2) is 11.5 Å². The van der Waals surface area contributed by atoms with E-state index in [1.54, 1.807) is 43.2 Å². The standard InChI is InChI=1S/C21H24N2O5/c1-3-27-20(24)12-15-8-10-16(11-9-15)22-21(25)23-13-17(14-23)28-19-7-5-4-6-18(19)26-2/h4-11,17H,3,12-14H2,1-2H3,(H,22,25). The summed E-state index contributed by atoms with van der Waals surface area (Å²) in [5.41, 5.74) is 1.51. The molecule has 2 aromatic rings. The third-order valence-corrected chi connectivity index (χ3v) is 4.36. The molecule has 0 atom stereocenters. The predicted molar refractivity (Wildman–Crippen MR) is 105 cm³/mol. The Morgan fingerprint density at radius 3 is 2.39 bits per heavy atom. The van der Waals surface area contributed by atoms with Crippen molar-refractivity contribution in [2.24, 2.45) is 0 Å². The van der Waals surface area contributed by atoms with Gasteiger partial charge in [0.05, 0.1) is 33.2 Å². The SMILES string of the molecule is CCOC(=O)Cc1ccc(NC(=O)N2CC(Oc3ccccc3OC)C2)cc1. The maximum atomic E-state index is 12.3. The molecule has 1 aliphatic heterocycles. The second kappa shape index (κ2) is 9.12. The van der Waals surface area contributed by atoms with E-state index in [9.17, 15) is 9.59 Å². The molecule has 0 spiro atoms. The summed E-state index contributed by atoms with van der Waals surface area (Å²) in [7, 11) is 1.60. The number of anilines is 1. The Labute approximate surface area is 164 Å². The number of hydrogen-bond donors (Lipinski definition) is 1. The zero-order valence-electron chi connectivity index (χ0n) is 16.0. The van der Waals surface area contributed by atoms with Gasteiger partial charge in [-0.2, -0.15) is 0 Å². The van der Waals surface area contributed by atoms with Crippen LogP contribution in [-0.2, 0) is 16.0 Å². The van der Waals surface area contributed by atoms with Gasteiger partial charge in [-0.1, -0.05) is 24.3 Å². The van der Waals surface area contributed by atoms with Crippen LogP contribution in [0.2, 0.25) is 0 Å². The first-order valence-corrected chi connectivity index (χ1v) is 9.19. The Kier molecular flexibility index (Phi) is 6.37. The number of urea groups is 1. The molecule has 0 aliphatic carbocycles. The van der Waals surface area contributed by atoms with Crippen LogP contribution >= 0.6 is 0 Å². The first-order valence-electron chi connectivity index (χ1n) is 9.19. The van der Waals surface area contributed by atoms with Gasteiger partial charge in [0.2, 0.25) is 0 Å². The fourth-order valence-electron chi connectivity index (χ4n) is 2.86. The number of benzene rings is 2. The Balaban J connectivity index is 1.45. The number of nitrogens with one attached hydrogen (secondary N) is 1. The minimum atomic E-state index is -0.263. The minimum absolute atomic E-state index is 0.0611. The zero-order chi connectivity index (χ0) is 19.9. The van der Waals surface area contributed by atoms with Gasteiger partial charge in [0, 0.05) is 5.69 Å². The largest absolute Gasteiger partial charge is 0.493 e. The average molecular weight is 384 g/mol. The molecule has 1 aliphatic rings. The van der Waals surface area contributed by atoms with Crippen LogP contribution in [0.3, 0.4) is 0 Å². The van der Waals surface area contributed by atoms with Crippen molar-refractivity contribution in [3.8, 4) is 11.5 Å². The molecule has 0 bridgehead atoms. The summed E-state index contributed by atoms with van der Waals surface area (Å²) in [6.45, 7) is 3.15. The third kappa shape index (κ3) is 4.94. The lowest BCUT2D eigenvalue weighted by molar-refractivity contribution is -0.142. The summed E-state index contributed by atoms with van der Waals surface area (Å²) in [6.07, 6.45) is 0.157. The first-order chi connectivity index (χ1) is 13.6. The van der Waals surface area contributed by atoms with Crippen LogP contribution in [0.15, 0.2) is 48.5 Å². The molecular weight excluding hydrogens is 360 g/mol. The molecule has 0 unspecified atom stereocenters. The van der Waals surface area contributed by atoms with E-state index >= 15 is 0 Å². The molecule has 1 N–H and O–H groups in total. The van der Waals surface area contributed by atoms with Gasteiger partial charge in [-0.15, -0.1) is 0 Å². The van der Waals surface area contributed by atoms with E-state index in [4.69, 9.17) is 14.2 Å². The maximum absolute atomic E-state index is 12.3. The van der Waals surface area contributed by atoms with E-state index in [1.165, 1.54) is 0 Å². The van der Waals surface area contributed by atoms with Gasteiger partial charge in [0.25, 0.3) is 0 Å². The first kappa shape index (κ1) is 19.5. The smallest absolute Gasteiger partial charge is 0.322 e. The number of carbonyl (C=O) groups is 2. The molecule has 2 aromatic carbocycles. The predicted octanol–water partition coefficient (Wildman–Crippen LogP) is 3.10. The number of hydrogen-bond acceptors (Lipinski definition) is 5. The Bertz CT molecular complexity index is 816. The van der Waals surface area contributed by atoms with Crippen molar-refractivity contribution in [1.82, 2.24) is 4.90 Å². The molecule has 28 heavy (non-hydrogen) atoms. The van der Waals surface area contributed by atoms with Gasteiger partial charge in [-0.3, -0.25) is 4.79 Å². The average Bonchev–Trinajstić information content (AvgIpc) is 2.66. The van der Waals surface area contributed by atoms with Crippen LogP contribution in [0.1, 0.15) is 12.5 Å². The van der Waals surface area contributed by atoms with Crippen LogP contribution in [0.25, 0.3) is 0 Å². The highest BCUT2D eigenvalue weighted by atomic mass is 16.5. The molecular formula is C21H24N2O5. The van der Waals surface area contributed by atoms with Crippen LogP contribution in [0.4, 0.5) is 10.5 Å². The molecule has 3 rings (SSSR count). The zero-order valence-corrected chi connectivity index (χ0v) is 16.0. The lowest BCUT2D eigenvalue weighted by Crippen LogP contribution is -2.57. The summed E-state index contributed by atoms with van der Waals surface area (Å²) in [5, 5.41) is 2.85.